The van der Waals surface area contributed by atoms with Crippen molar-refractivity contribution in [2.75, 3.05) is 27.3 Å². The molecule has 0 aromatic rings. The molecule has 5 heteroatoms. The lowest BCUT2D eigenvalue weighted by Gasteiger charge is -2.50. The van der Waals surface area contributed by atoms with Gasteiger partial charge in [-0.1, -0.05) is 13.8 Å². The lowest BCUT2D eigenvalue weighted by Crippen LogP contribution is -2.67. The number of hydrogen-bond donors (Lipinski definition) is 1. The number of nitrogens with zero attached hydrogens (tertiary/aromatic N) is 1. The van der Waals surface area contributed by atoms with Crippen LogP contribution in [0, 0.1) is 5.92 Å². The van der Waals surface area contributed by atoms with Crippen molar-refractivity contribution in [2.45, 2.75) is 32.1 Å². The van der Waals surface area contributed by atoms with Gasteiger partial charge < -0.3 is 14.6 Å². The maximum atomic E-state index is 11.1. The smallest absolute Gasteiger partial charge is 0.320 e. The van der Waals surface area contributed by atoms with E-state index in [0.717, 1.165) is 0 Å². The minimum absolute atomic E-state index is 0.362. The van der Waals surface area contributed by atoms with Gasteiger partial charge in [0.1, 0.15) is 6.04 Å². The van der Waals surface area contributed by atoms with E-state index in [-0.39, 0.29) is 0 Å². The molecule has 0 aromatic heterocycles. The number of carboxylic acids is 1. The Kier molecular flexibility index (Phi) is 4.29. The number of ether oxygens (including phenoxy) is 2. The SMILES string of the molecule is COC1(OC)CN(C(CC(C)C)C(=O)O)C1. The zero-order valence-electron chi connectivity index (χ0n) is 10.4. The van der Waals surface area contributed by atoms with E-state index in [0.29, 0.717) is 25.4 Å². The van der Waals surface area contributed by atoms with Gasteiger partial charge in [0.25, 0.3) is 0 Å². The van der Waals surface area contributed by atoms with Crippen molar-refractivity contribution >= 4 is 5.97 Å². The zero-order chi connectivity index (χ0) is 12.3. The van der Waals surface area contributed by atoms with Crippen molar-refractivity contribution in [3.63, 3.8) is 0 Å². The molecule has 1 aliphatic heterocycles. The highest BCUT2D eigenvalue weighted by atomic mass is 16.7. The molecule has 1 fully saturated rings. The second kappa shape index (κ2) is 5.12. The molecule has 94 valence electrons. The maximum Gasteiger partial charge on any atom is 0.320 e. The summed E-state index contributed by atoms with van der Waals surface area (Å²) in [5, 5.41) is 9.15. The van der Waals surface area contributed by atoms with Crippen LogP contribution in [0.2, 0.25) is 0 Å². The Bertz CT molecular complexity index is 242. The Labute approximate surface area is 96.3 Å². The molecule has 5 nitrogen and oxygen atoms in total. The van der Waals surface area contributed by atoms with Crippen LogP contribution in [0.5, 0.6) is 0 Å². The fraction of sp³-hybridized carbons (Fsp3) is 0.909. The molecule has 0 aliphatic carbocycles. The van der Waals surface area contributed by atoms with Crippen LogP contribution in [0.1, 0.15) is 20.3 Å². The van der Waals surface area contributed by atoms with E-state index in [1.54, 1.807) is 14.2 Å². The third-order valence-corrected chi connectivity index (χ3v) is 3.05. The van der Waals surface area contributed by atoms with Gasteiger partial charge in [-0.2, -0.15) is 0 Å². The molecule has 0 bridgehead atoms. The Hall–Kier alpha value is -0.650. The van der Waals surface area contributed by atoms with Gasteiger partial charge >= 0.3 is 5.97 Å². The lowest BCUT2D eigenvalue weighted by atomic mass is 9.97. The van der Waals surface area contributed by atoms with Gasteiger partial charge in [0.15, 0.2) is 5.79 Å². The first kappa shape index (κ1) is 13.4. The summed E-state index contributed by atoms with van der Waals surface area (Å²) in [6.45, 7) is 5.08. The van der Waals surface area contributed by atoms with E-state index >= 15 is 0 Å². The van der Waals surface area contributed by atoms with Crippen molar-refractivity contribution in [1.82, 2.24) is 4.90 Å². The third kappa shape index (κ3) is 2.72. The predicted octanol–water partition coefficient (Wildman–Crippen LogP) is 0.790. The first-order valence-corrected chi connectivity index (χ1v) is 5.51. The quantitative estimate of drug-likeness (QED) is 0.685. The third-order valence-electron chi connectivity index (χ3n) is 3.05. The first-order valence-electron chi connectivity index (χ1n) is 5.51. The largest absolute Gasteiger partial charge is 0.480 e. The van der Waals surface area contributed by atoms with Gasteiger partial charge in [0.2, 0.25) is 0 Å². The molecule has 0 spiro atoms. The summed E-state index contributed by atoms with van der Waals surface area (Å²) >= 11 is 0. The number of hydrogen-bond acceptors (Lipinski definition) is 4. The Morgan fingerprint density at radius 2 is 1.88 bits per heavy atom. The van der Waals surface area contributed by atoms with Crippen LogP contribution in [0.15, 0.2) is 0 Å². The fourth-order valence-electron chi connectivity index (χ4n) is 1.99. The summed E-state index contributed by atoms with van der Waals surface area (Å²) in [5.74, 6) is -1.01. The van der Waals surface area contributed by atoms with Gasteiger partial charge in [-0.3, -0.25) is 9.69 Å². The summed E-state index contributed by atoms with van der Waals surface area (Å²) in [4.78, 5) is 13.0. The van der Waals surface area contributed by atoms with Crippen molar-refractivity contribution in [2.24, 2.45) is 5.92 Å². The second-order valence-electron chi connectivity index (χ2n) is 4.71. The van der Waals surface area contributed by atoms with Crippen molar-refractivity contribution in [1.29, 1.82) is 0 Å². The predicted molar refractivity (Wildman–Crippen MR) is 59.2 cm³/mol. The monoisotopic (exact) mass is 231 g/mol. The lowest BCUT2D eigenvalue weighted by molar-refractivity contribution is -0.282. The summed E-state index contributed by atoms with van der Waals surface area (Å²) < 4.78 is 10.5. The summed E-state index contributed by atoms with van der Waals surface area (Å²) in [5.41, 5.74) is 0. The Morgan fingerprint density at radius 1 is 1.38 bits per heavy atom. The van der Waals surface area contributed by atoms with E-state index in [1.807, 2.05) is 18.7 Å². The highest BCUT2D eigenvalue weighted by molar-refractivity contribution is 5.73. The first-order chi connectivity index (χ1) is 7.44. The molecule has 1 saturated heterocycles. The Morgan fingerprint density at radius 3 is 2.19 bits per heavy atom. The number of carboxylic acid groups (broad SMARTS) is 1. The molecule has 0 radical (unpaired) electrons. The highest BCUT2D eigenvalue weighted by Crippen LogP contribution is 2.29. The zero-order valence-corrected chi connectivity index (χ0v) is 10.4. The van der Waals surface area contributed by atoms with Gasteiger partial charge in [0, 0.05) is 14.2 Å². The molecular weight excluding hydrogens is 210 g/mol. The summed E-state index contributed by atoms with van der Waals surface area (Å²) in [7, 11) is 3.16. The van der Waals surface area contributed by atoms with Crippen LogP contribution < -0.4 is 0 Å². The number of carbonyl (C=O) groups is 1. The molecule has 1 rings (SSSR count). The average Bonchev–Trinajstić information content (AvgIpc) is 2.15. The molecule has 1 N–H and O–H groups in total. The van der Waals surface area contributed by atoms with Crippen molar-refractivity contribution in [3.8, 4) is 0 Å². The second-order valence-corrected chi connectivity index (χ2v) is 4.71. The molecule has 1 atom stereocenters. The van der Waals surface area contributed by atoms with Crippen LogP contribution in [0.25, 0.3) is 0 Å². The average molecular weight is 231 g/mol. The van der Waals surface area contributed by atoms with Gasteiger partial charge in [-0.15, -0.1) is 0 Å². The molecule has 1 unspecified atom stereocenters. The van der Waals surface area contributed by atoms with E-state index < -0.39 is 17.8 Å². The van der Waals surface area contributed by atoms with Crippen molar-refractivity contribution < 1.29 is 19.4 Å². The number of methoxy groups -OCH3 is 2. The summed E-state index contributed by atoms with van der Waals surface area (Å²) in [6.07, 6.45) is 0.652. The van der Waals surface area contributed by atoms with Crippen molar-refractivity contribution in [3.05, 3.63) is 0 Å². The van der Waals surface area contributed by atoms with Crippen LogP contribution in [-0.2, 0) is 14.3 Å². The number of likely N-dealkylation sites (tertiary alicyclic amines) is 1. The topological polar surface area (TPSA) is 59.0 Å². The van der Waals surface area contributed by atoms with Gasteiger partial charge in [-0.05, 0) is 12.3 Å². The van der Waals surface area contributed by atoms with Crippen LogP contribution in [0.3, 0.4) is 0 Å². The van der Waals surface area contributed by atoms with E-state index in [2.05, 4.69) is 0 Å². The maximum absolute atomic E-state index is 11.1. The van der Waals surface area contributed by atoms with Gasteiger partial charge in [-0.25, -0.2) is 0 Å². The summed E-state index contributed by atoms with van der Waals surface area (Å²) in [6, 6.07) is -0.432. The minimum Gasteiger partial charge on any atom is -0.480 e. The van der Waals surface area contributed by atoms with Gasteiger partial charge in [0.05, 0.1) is 13.1 Å². The molecule has 16 heavy (non-hydrogen) atoms. The minimum atomic E-state index is -0.769. The van der Waals surface area contributed by atoms with E-state index in [9.17, 15) is 4.79 Å². The number of rotatable bonds is 6. The van der Waals surface area contributed by atoms with E-state index in [4.69, 9.17) is 14.6 Å². The molecule has 1 heterocycles. The molecule has 1 aliphatic rings. The van der Waals surface area contributed by atoms with E-state index in [1.165, 1.54) is 0 Å². The standard InChI is InChI=1S/C11H21NO4/c1-8(2)5-9(10(13)14)12-6-11(7-12,15-3)16-4/h8-9H,5-7H2,1-4H3,(H,13,14). The molecule has 0 amide bonds. The number of aliphatic carboxylic acids is 1. The Balaban J connectivity index is 2.55. The molecule has 0 saturated carbocycles. The normalized spacial score (nSPS) is 21.8. The van der Waals surface area contributed by atoms with Crippen LogP contribution in [0.4, 0.5) is 0 Å². The van der Waals surface area contributed by atoms with Crippen LogP contribution in [-0.4, -0.2) is 55.1 Å². The fourth-order valence-corrected chi connectivity index (χ4v) is 1.99. The molecule has 0 aromatic carbocycles. The van der Waals surface area contributed by atoms with Crippen LogP contribution >= 0.6 is 0 Å². The highest BCUT2D eigenvalue weighted by Gasteiger charge is 2.48. The molecular formula is C11H21NO4.